The van der Waals surface area contributed by atoms with Crippen LogP contribution in [0.1, 0.15) is 23.8 Å². The predicted octanol–water partition coefficient (Wildman–Crippen LogP) is 4.09. The highest BCUT2D eigenvalue weighted by atomic mass is 79.9. The van der Waals surface area contributed by atoms with Crippen LogP contribution in [0, 0.1) is 11.8 Å². The first-order valence-corrected chi connectivity index (χ1v) is 8.23. The number of hydrogen-bond acceptors (Lipinski definition) is 3. The minimum Gasteiger partial charge on any atom is -0.302 e. The number of aromatic nitrogens is 1. The Morgan fingerprint density at radius 1 is 1.50 bits per heavy atom. The van der Waals surface area contributed by atoms with Crippen LogP contribution in [0.15, 0.2) is 34.9 Å². The van der Waals surface area contributed by atoms with E-state index in [0.717, 1.165) is 22.2 Å². The third kappa shape index (κ3) is 3.10. The minimum atomic E-state index is 0.110. The lowest BCUT2D eigenvalue weighted by atomic mass is 10.1. The van der Waals surface area contributed by atoms with E-state index in [-0.39, 0.29) is 11.8 Å². The lowest BCUT2D eigenvalue weighted by Crippen LogP contribution is -2.13. The van der Waals surface area contributed by atoms with Crippen LogP contribution in [0.2, 0.25) is 0 Å². The van der Waals surface area contributed by atoms with E-state index in [9.17, 15) is 4.79 Å². The number of halogens is 1. The summed E-state index contributed by atoms with van der Waals surface area (Å²) in [7, 11) is 0. The van der Waals surface area contributed by atoms with Crippen LogP contribution in [-0.2, 0) is 11.2 Å². The molecule has 20 heavy (non-hydrogen) atoms. The number of amides is 1. The van der Waals surface area contributed by atoms with E-state index in [0.29, 0.717) is 11.0 Å². The van der Waals surface area contributed by atoms with Crippen molar-refractivity contribution in [2.75, 3.05) is 5.32 Å². The largest absolute Gasteiger partial charge is 0.302 e. The fraction of sp³-hybridized carbons (Fsp3) is 0.333. The Morgan fingerprint density at radius 3 is 2.95 bits per heavy atom. The van der Waals surface area contributed by atoms with Crippen molar-refractivity contribution in [3.63, 3.8) is 0 Å². The lowest BCUT2D eigenvalue weighted by molar-refractivity contribution is -0.117. The summed E-state index contributed by atoms with van der Waals surface area (Å²) in [6.07, 6.45) is 3.67. The van der Waals surface area contributed by atoms with Crippen LogP contribution >= 0.6 is 27.3 Å². The van der Waals surface area contributed by atoms with Crippen molar-refractivity contribution >= 4 is 38.3 Å². The van der Waals surface area contributed by atoms with Gasteiger partial charge in [-0.05, 0) is 24.0 Å². The summed E-state index contributed by atoms with van der Waals surface area (Å²) in [5, 5.41) is 3.62. The van der Waals surface area contributed by atoms with Crippen molar-refractivity contribution in [3.05, 3.63) is 45.4 Å². The Kier molecular flexibility index (Phi) is 3.89. The highest BCUT2D eigenvalue weighted by Gasteiger charge is 2.39. The van der Waals surface area contributed by atoms with Gasteiger partial charge in [-0.25, -0.2) is 4.98 Å². The summed E-state index contributed by atoms with van der Waals surface area (Å²) in [6, 6.07) is 8.16. The molecule has 1 N–H and O–H groups in total. The maximum absolute atomic E-state index is 11.9. The minimum absolute atomic E-state index is 0.110. The van der Waals surface area contributed by atoms with Crippen LogP contribution < -0.4 is 5.32 Å². The number of hydrogen-bond donors (Lipinski definition) is 1. The molecule has 2 atom stereocenters. The maximum Gasteiger partial charge on any atom is 0.229 e. The van der Waals surface area contributed by atoms with E-state index >= 15 is 0 Å². The molecule has 0 unspecified atom stereocenters. The van der Waals surface area contributed by atoms with Gasteiger partial charge in [0.1, 0.15) is 0 Å². The van der Waals surface area contributed by atoms with E-state index < -0.39 is 0 Å². The van der Waals surface area contributed by atoms with Crippen molar-refractivity contribution in [1.82, 2.24) is 4.98 Å². The molecule has 0 saturated heterocycles. The predicted molar refractivity (Wildman–Crippen MR) is 85.0 cm³/mol. The molecule has 1 aliphatic rings. The van der Waals surface area contributed by atoms with Crippen LogP contribution in [-0.4, -0.2) is 10.9 Å². The summed E-state index contributed by atoms with van der Waals surface area (Å²) in [5.41, 5.74) is 1.23. The first kappa shape index (κ1) is 13.8. The number of carbonyl (C=O) groups is 1. The maximum atomic E-state index is 11.9. The number of carbonyl (C=O) groups excluding carboxylic acids is 1. The molecule has 1 aromatic carbocycles. The second kappa shape index (κ2) is 5.66. The summed E-state index contributed by atoms with van der Waals surface area (Å²) >= 11 is 5.10. The van der Waals surface area contributed by atoms with Crippen LogP contribution in [0.4, 0.5) is 5.13 Å². The molecule has 5 heteroatoms. The molecule has 1 saturated carbocycles. The Morgan fingerprint density at radius 2 is 2.25 bits per heavy atom. The van der Waals surface area contributed by atoms with Crippen LogP contribution in [0.25, 0.3) is 0 Å². The Balaban J connectivity index is 1.65. The van der Waals surface area contributed by atoms with Gasteiger partial charge in [-0.3, -0.25) is 4.79 Å². The van der Waals surface area contributed by atoms with Crippen molar-refractivity contribution in [2.24, 2.45) is 11.8 Å². The summed E-state index contributed by atoms with van der Waals surface area (Å²) in [5.74, 6) is 0.819. The van der Waals surface area contributed by atoms with Gasteiger partial charge in [-0.15, -0.1) is 11.3 Å². The van der Waals surface area contributed by atoms with E-state index in [2.05, 4.69) is 39.2 Å². The lowest BCUT2D eigenvalue weighted by Gasteiger charge is -2.01. The molecule has 3 rings (SSSR count). The summed E-state index contributed by atoms with van der Waals surface area (Å²) in [6.45, 7) is 2.10. The third-order valence-electron chi connectivity index (χ3n) is 3.55. The van der Waals surface area contributed by atoms with Crippen molar-refractivity contribution < 1.29 is 4.79 Å². The van der Waals surface area contributed by atoms with Crippen LogP contribution in [0.5, 0.6) is 0 Å². The molecule has 0 aliphatic heterocycles. The molecule has 0 radical (unpaired) electrons. The van der Waals surface area contributed by atoms with Crippen molar-refractivity contribution in [2.45, 2.75) is 19.8 Å². The second-order valence-electron chi connectivity index (χ2n) is 5.21. The zero-order valence-electron chi connectivity index (χ0n) is 11.1. The van der Waals surface area contributed by atoms with Gasteiger partial charge in [-0.1, -0.05) is 41.1 Å². The zero-order chi connectivity index (χ0) is 14.1. The highest BCUT2D eigenvalue weighted by Crippen LogP contribution is 2.38. The molecule has 0 bridgehead atoms. The molecule has 1 fully saturated rings. The molecule has 1 aliphatic carbocycles. The fourth-order valence-corrected chi connectivity index (χ4v) is 3.43. The Bertz CT molecular complexity index is 640. The molecule has 3 nitrogen and oxygen atoms in total. The molecule has 2 aromatic rings. The summed E-state index contributed by atoms with van der Waals surface area (Å²) < 4.78 is 1.10. The SMILES string of the molecule is C[C@H]1C[C@@H]1C(=O)Nc1ncc(Cc2ccccc2Br)s1. The van der Waals surface area contributed by atoms with E-state index in [1.54, 1.807) is 11.3 Å². The van der Waals surface area contributed by atoms with E-state index in [4.69, 9.17) is 0 Å². The van der Waals surface area contributed by atoms with Gasteiger partial charge >= 0.3 is 0 Å². The molecule has 1 heterocycles. The molecule has 0 spiro atoms. The highest BCUT2D eigenvalue weighted by molar-refractivity contribution is 9.10. The molecular formula is C15H15BrN2OS. The second-order valence-corrected chi connectivity index (χ2v) is 7.18. The first-order valence-electron chi connectivity index (χ1n) is 6.62. The average molecular weight is 351 g/mol. The van der Waals surface area contributed by atoms with Gasteiger partial charge in [0.05, 0.1) is 0 Å². The quantitative estimate of drug-likeness (QED) is 0.902. The number of nitrogens with zero attached hydrogens (tertiary/aromatic N) is 1. The molecule has 1 aromatic heterocycles. The van der Waals surface area contributed by atoms with E-state index in [1.165, 1.54) is 5.56 Å². The Hall–Kier alpha value is -1.20. The van der Waals surface area contributed by atoms with Gasteiger partial charge in [0.25, 0.3) is 0 Å². The number of rotatable bonds is 4. The topological polar surface area (TPSA) is 42.0 Å². The molecule has 1 amide bonds. The van der Waals surface area contributed by atoms with Crippen molar-refractivity contribution in [1.29, 1.82) is 0 Å². The number of benzene rings is 1. The standard InChI is InChI=1S/C15H15BrN2OS/c1-9-6-12(9)14(19)18-15-17-8-11(20-15)7-10-4-2-3-5-13(10)16/h2-5,8-9,12H,6-7H2,1H3,(H,17,18,19)/t9-,12-/m0/s1. The molecular weight excluding hydrogens is 336 g/mol. The first-order chi connectivity index (χ1) is 9.63. The third-order valence-corrected chi connectivity index (χ3v) is 5.24. The van der Waals surface area contributed by atoms with Gasteiger partial charge in [0.2, 0.25) is 5.91 Å². The fourth-order valence-electron chi connectivity index (χ4n) is 2.16. The normalized spacial score (nSPS) is 20.7. The van der Waals surface area contributed by atoms with Gasteiger partial charge < -0.3 is 5.32 Å². The zero-order valence-corrected chi connectivity index (χ0v) is 13.5. The smallest absolute Gasteiger partial charge is 0.229 e. The average Bonchev–Trinajstić information content (AvgIpc) is 3.00. The number of thiazole rings is 1. The number of anilines is 1. The number of nitrogens with one attached hydrogen (secondary N) is 1. The van der Waals surface area contributed by atoms with Crippen molar-refractivity contribution in [3.8, 4) is 0 Å². The van der Waals surface area contributed by atoms with Gasteiger partial charge in [0, 0.05) is 27.9 Å². The Labute approximate surface area is 130 Å². The van der Waals surface area contributed by atoms with Gasteiger partial charge in [0.15, 0.2) is 5.13 Å². The van der Waals surface area contributed by atoms with Gasteiger partial charge in [-0.2, -0.15) is 0 Å². The van der Waals surface area contributed by atoms with Crippen LogP contribution in [0.3, 0.4) is 0 Å². The molecule has 104 valence electrons. The summed E-state index contributed by atoms with van der Waals surface area (Å²) in [4.78, 5) is 17.3. The monoisotopic (exact) mass is 350 g/mol. The van der Waals surface area contributed by atoms with E-state index in [1.807, 2.05) is 24.4 Å².